The van der Waals surface area contributed by atoms with Gasteiger partial charge in [-0.1, -0.05) is 18.2 Å². The van der Waals surface area contributed by atoms with E-state index in [-0.39, 0.29) is 28.8 Å². The SMILES string of the molecule is CN(C)CCN(C)c1cc(OC(F)F)c(Nc2nccc(-c3cn(S(=O)(=O)N(C)C)c4ccccc34)n2)cc1[N+](=O)[O-]. The molecule has 0 bridgehead atoms. The minimum Gasteiger partial charge on any atom is -0.433 e. The van der Waals surface area contributed by atoms with Crippen molar-refractivity contribution in [3.8, 4) is 17.0 Å². The zero-order valence-corrected chi connectivity index (χ0v) is 24.3. The second-order valence-electron chi connectivity index (χ2n) is 9.73. The first kappa shape index (κ1) is 30.5. The van der Waals surface area contributed by atoms with Gasteiger partial charge in [-0.15, -0.1) is 0 Å². The molecule has 13 nitrogen and oxygen atoms in total. The van der Waals surface area contributed by atoms with Crippen LogP contribution in [0.5, 0.6) is 5.75 Å². The summed E-state index contributed by atoms with van der Waals surface area (Å²) in [6.07, 6.45) is 2.82. The molecule has 0 aliphatic carbocycles. The summed E-state index contributed by atoms with van der Waals surface area (Å²) in [6.45, 7) is -2.26. The summed E-state index contributed by atoms with van der Waals surface area (Å²) in [7, 11) is 4.26. The Kier molecular flexibility index (Phi) is 8.89. The molecule has 2 heterocycles. The molecule has 4 aromatic rings. The molecule has 16 heteroatoms. The van der Waals surface area contributed by atoms with Crippen molar-refractivity contribution in [1.29, 1.82) is 0 Å². The fourth-order valence-corrected chi connectivity index (χ4v) is 5.18. The number of hydrogen-bond acceptors (Lipinski definition) is 10. The Morgan fingerprint density at radius 2 is 1.81 bits per heavy atom. The van der Waals surface area contributed by atoms with E-state index in [1.807, 2.05) is 19.0 Å². The third-order valence-electron chi connectivity index (χ3n) is 6.35. The van der Waals surface area contributed by atoms with E-state index in [1.54, 1.807) is 42.3 Å². The number of para-hydroxylation sites is 1. The highest BCUT2D eigenvalue weighted by molar-refractivity contribution is 7.87. The molecule has 0 fully saturated rings. The van der Waals surface area contributed by atoms with Crippen molar-refractivity contribution in [2.45, 2.75) is 6.61 Å². The maximum Gasteiger partial charge on any atom is 0.387 e. The molecule has 0 atom stereocenters. The maximum atomic E-state index is 13.4. The zero-order valence-electron chi connectivity index (χ0n) is 23.5. The predicted molar refractivity (Wildman–Crippen MR) is 156 cm³/mol. The topological polar surface area (TPSA) is 139 Å². The summed E-state index contributed by atoms with van der Waals surface area (Å²) in [6, 6.07) is 10.7. The molecule has 2 aromatic carbocycles. The van der Waals surface area contributed by atoms with Crippen molar-refractivity contribution in [3.63, 3.8) is 0 Å². The van der Waals surface area contributed by atoms with Crippen LogP contribution in [0, 0.1) is 10.1 Å². The van der Waals surface area contributed by atoms with E-state index in [1.165, 1.54) is 32.6 Å². The van der Waals surface area contributed by atoms with Crippen LogP contribution in [0.25, 0.3) is 22.2 Å². The average molecular weight is 605 g/mol. The van der Waals surface area contributed by atoms with Crippen LogP contribution in [0.3, 0.4) is 0 Å². The van der Waals surface area contributed by atoms with Gasteiger partial charge in [-0.3, -0.25) is 10.1 Å². The molecule has 0 aliphatic heterocycles. The average Bonchev–Trinajstić information content (AvgIpc) is 3.32. The number of rotatable bonds is 12. The van der Waals surface area contributed by atoms with Crippen molar-refractivity contribution in [2.24, 2.45) is 0 Å². The minimum atomic E-state index is -3.87. The molecule has 224 valence electrons. The van der Waals surface area contributed by atoms with E-state index in [9.17, 15) is 27.3 Å². The zero-order chi connectivity index (χ0) is 30.8. The molecule has 2 aromatic heterocycles. The monoisotopic (exact) mass is 604 g/mol. The molecule has 0 radical (unpaired) electrons. The van der Waals surface area contributed by atoms with Crippen molar-refractivity contribution in [2.75, 3.05) is 58.5 Å². The molecule has 4 rings (SSSR count). The first-order valence-electron chi connectivity index (χ1n) is 12.6. The van der Waals surface area contributed by atoms with Gasteiger partial charge in [-0.05, 0) is 26.2 Å². The van der Waals surface area contributed by atoms with Gasteiger partial charge in [0.2, 0.25) is 5.95 Å². The van der Waals surface area contributed by atoms with Gasteiger partial charge in [0, 0.05) is 69.7 Å². The summed E-state index contributed by atoms with van der Waals surface area (Å²) in [5, 5.41) is 15.3. The number of likely N-dealkylation sites (N-methyl/N-ethyl adjacent to an activating group) is 2. The van der Waals surface area contributed by atoms with Gasteiger partial charge < -0.3 is 19.9 Å². The Bertz CT molecular complexity index is 1710. The van der Waals surface area contributed by atoms with Gasteiger partial charge in [-0.2, -0.15) is 21.5 Å². The first-order chi connectivity index (χ1) is 19.8. The number of hydrogen-bond donors (Lipinski definition) is 1. The summed E-state index contributed by atoms with van der Waals surface area (Å²) < 4.78 is 59.6. The lowest BCUT2D eigenvalue weighted by molar-refractivity contribution is -0.384. The quantitative estimate of drug-likeness (QED) is 0.186. The number of anilines is 3. The van der Waals surface area contributed by atoms with E-state index >= 15 is 0 Å². The number of aromatic nitrogens is 3. The van der Waals surface area contributed by atoms with Gasteiger partial charge in [0.1, 0.15) is 5.69 Å². The minimum absolute atomic E-state index is 0.0816. The lowest BCUT2D eigenvalue weighted by Crippen LogP contribution is -2.29. The smallest absolute Gasteiger partial charge is 0.387 e. The largest absolute Gasteiger partial charge is 0.433 e. The maximum absolute atomic E-state index is 13.4. The van der Waals surface area contributed by atoms with E-state index in [2.05, 4.69) is 15.3 Å². The van der Waals surface area contributed by atoms with E-state index in [0.717, 1.165) is 14.3 Å². The van der Waals surface area contributed by atoms with Gasteiger partial charge in [0.15, 0.2) is 5.75 Å². The van der Waals surface area contributed by atoms with E-state index < -0.39 is 21.7 Å². The fourth-order valence-electron chi connectivity index (χ4n) is 4.18. The normalized spacial score (nSPS) is 12.0. The summed E-state index contributed by atoms with van der Waals surface area (Å²) in [5.41, 5.74) is 0.811. The Morgan fingerprint density at radius 3 is 2.45 bits per heavy atom. The van der Waals surface area contributed by atoms with E-state index in [4.69, 9.17) is 4.74 Å². The lowest BCUT2D eigenvalue weighted by Gasteiger charge is -2.23. The molecular weight excluding hydrogens is 574 g/mol. The van der Waals surface area contributed by atoms with Crippen LogP contribution in [0.1, 0.15) is 0 Å². The Morgan fingerprint density at radius 1 is 1.10 bits per heavy atom. The van der Waals surface area contributed by atoms with Crippen LogP contribution in [-0.4, -0.2) is 91.4 Å². The van der Waals surface area contributed by atoms with Crippen LogP contribution in [0.2, 0.25) is 0 Å². The molecular formula is C26H30F2N8O5S. The number of nitro benzene ring substituents is 1. The van der Waals surface area contributed by atoms with Gasteiger partial charge in [0.05, 0.1) is 21.8 Å². The van der Waals surface area contributed by atoms with Crippen molar-refractivity contribution in [3.05, 3.63) is 65.0 Å². The molecule has 0 saturated heterocycles. The number of nitro groups is 1. The van der Waals surface area contributed by atoms with Gasteiger partial charge in [0.25, 0.3) is 5.69 Å². The van der Waals surface area contributed by atoms with Crippen LogP contribution >= 0.6 is 0 Å². The standard InChI is InChI=1S/C26H30F2N8O5S/c1-32(2)12-13-34(5)22-15-24(41-25(27)28)20(14-23(22)36(37)38)31-26-29-11-10-19(30-26)18-16-35(42(39,40)33(3)4)21-9-7-6-8-17(18)21/h6-11,14-16,25H,12-13H2,1-5H3,(H,29,30,31). The van der Waals surface area contributed by atoms with Crippen LogP contribution in [0.4, 0.5) is 31.8 Å². The molecule has 0 spiro atoms. The summed E-state index contributed by atoms with van der Waals surface area (Å²) in [5.74, 6) is -0.424. The Balaban J connectivity index is 1.78. The number of benzene rings is 2. The predicted octanol–water partition coefficient (Wildman–Crippen LogP) is 4.00. The molecule has 0 saturated carbocycles. The van der Waals surface area contributed by atoms with Crippen LogP contribution < -0.4 is 15.0 Å². The Labute approximate surface area is 241 Å². The third kappa shape index (κ3) is 6.40. The fraction of sp³-hybridized carbons (Fsp3) is 0.308. The van der Waals surface area contributed by atoms with Gasteiger partial charge >= 0.3 is 16.8 Å². The van der Waals surface area contributed by atoms with E-state index in [0.29, 0.717) is 35.2 Å². The second-order valence-corrected chi connectivity index (χ2v) is 11.8. The van der Waals surface area contributed by atoms with Crippen LogP contribution in [-0.2, 0) is 10.2 Å². The van der Waals surface area contributed by atoms with Crippen LogP contribution in [0.15, 0.2) is 54.9 Å². The molecule has 1 N–H and O–H groups in total. The Hall–Kier alpha value is -4.41. The molecule has 0 amide bonds. The second kappa shape index (κ2) is 12.2. The van der Waals surface area contributed by atoms with Crippen molar-refractivity contribution in [1.82, 2.24) is 23.1 Å². The number of halogens is 2. The number of nitrogens with zero attached hydrogens (tertiary/aromatic N) is 7. The number of ether oxygens (including phenoxy) is 1. The summed E-state index contributed by atoms with van der Waals surface area (Å²) in [4.78, 5) is 23.4. The van der Waals surface area contributed by atoms with Gasteiger partial charge in [-0.25, -0.2) is 13.9 Å². The summed E-state index contributed by atoms with van der Waals surface area (Å²) >= 11 is 0. The highest BCUT2D eigenvalue weighted by atomic mass is 32.2. The highest BCUT2D eigenvalue weighted by Crippen LogP contribution is 2.40. The van der Waals surface area contributed by atoms with Crippen molar-refractivity contribution < 1.29 is 26.9 Å². The number of fused-ring (bicyclic) bond motifs is 1. The highest BCUT2D eigenvalue weighted by Gasteiger charge is 2.25. The number of nitrogens with one attached hydrogen (secondary N) is 1. The molecule has 0 aliphatic rings. The first-order valence-corrected chi connectivity index (χ1v) is 14.0. The molecule has 0 unspecified atom stereocenters. The molecule has 42 heavy (non-hydrogen) atoms. The number of alkyl halides is 2. The lowest BCUT2D eigenvalue weighted by atomic mass is 10.1. The van der Waals surface area contributed by atoms with Crippen molar-refractivity contribution >= 4 is 44.1 Å². The third-order valence-corrected chi connectivity index (χ3v) is 8.07.